The molecule has 1 fully saturated rings. The lowest BCUT2D eigenvalue weighted by Gasteiger charge is -2.13. The minimum atomic E-state index is -3.47. The van der Waals surface area contributed by atoms with Gasteiger partial charge in [-0.3, -0.25) is 4.72 Å². The number of anilines is 1. The molecule has 1 aliphatic heterocycles. The summed E-state index contributed by atoms with van der Waals surface area (Å²) in [7, 11) is -2.12. The predicted octanol–water partition coefficient (Wildman–Crippen LogP) is 0.938. The van der Waals surface area contributed by atoms with E-state index in [1.807, 2.05) is 0 Å². The highest BCUT2D eigenvalue weighted by molar-refractivity contribution is 7.93. The van der Waals surface area contributed by atoms with E-state index in [1.54, 1.807) is 0 Å². The first-order chi connectivity index (χ1) is 8.53. The Balaban J connectivity index is 2.16. The Morgan fingerprint density at radius 1 is 1.50 bits per heavy atom. The minimum Gasteiger partial charge on any atom is -0.494 e. The summed E-state index contributed by atoms with van der Waals surface area (Å²) in [5, 5.41) is 2.51. The molecule has 1 aliphatic rings. The van der Waals surface area contributed by atoms with Crippen molar-refractivity contribution in [1.82, 2.24) is 5.32 Å². The van der Waals surface area contributed by atoms with Crippen LogP contribution < -0.4 is 14.8 Å². The molecular weight excluding hydrogens is 259 g/mol. The predicted molar refractivity (Wildman–Crippen MR) is 66.8 cm³/mol. The summed E-state index contributed by atoms with van der Waals surface area (Å²) in [6.07, 6.45) is 0.563. The van der Waals surface area contributed by atoms with Gasteiger partial charge in [0.1, 0.15) is 0 Å². The molecule has 0 aliphatic carbocycles. The molecule has 0 saturated carbocycles. The second-order valence-corrected chi connectivity index (χ2v) is 6.07. The summed E-state index contributed by atoms with van der Waals surface area (Å²) in [6, 6.07) is 3.97. The van der Waals surface area contributed by atoms with Crippen LogP contribution in [0.2, 0.25) is 0 Å². The van der Waals surface area contributed by atoms with Gasteiger partial charge in [-0.15, -0.1) is 0 Å². The molecule has 0 aromatic heterocycles. The van der Waals surface area contributed by atoms with E-state index in [0.717, 1.165) is 6.07 Å². The second-order valence-electron chi connectivity index (χ2n) is 4.11. The van der Waals surface area contributed by atoms with Crippen LogP contribution in [0.25, 0.3) is 0 Å². The molecule has 0 amide bonds. The maximum atomic E-state index is 13.4. The van der Waals surface area contributed by atoms with Gasteiger partial charge in [-0.25, -0.2) is 12.8 Å². The fourth-order valence-electron chi connectivity index (χ4n) is 1.87. The Morgan fingerprint density at radius 2 is 2.28 bits per heavy atom. The van der Waals surface area contributed by atoms with Crippen molar-refractivity contribution in [3.05, 3.63) is 24.0 Å². The fourth-order valence-corrected chi connectivity index (χ4v) is 3.26. The third-order valence-corrected chi connectivity index (χ3v) is 4.67. The van der Waals surface area contributed by atoms with Crippen LogP contribution >= 0.6 is 0 Å². The molecule has 1 saturated heterocycles. The van der Waals surface area contributed by atoms with Crippen LogP contribution in [0.4, 0.5) is 10.1 Å². The van der Waals surface area contributed by atoms with E-state index in [0.29, 0.717) is 19.5 Å². The van der Waals surface area contributed by atoms with E-state index >= 15 is 0 Å². The van der Waals surface area contributed by atoms with E-state index in [-0.39, 0.29) is 11.4 Å². The minimum absolute atomic E-state index is 0.0838. The average molecular weight is 274 g/mol. The number of nitrogens with one attached hydrogen (secondary N) is 2. The van der Waals surface area contributed by atoms with Crippen molar-refractivity contribution < 1.29 is 17.5 Å². The van der Waals surface area contributed by atoms with Gasteiger partial charge < -0.3 is 10.1 Å². The van der Waals surface area contributed by atoms with Crippen LogP contribution in [0.15, 0.2) is 18.2 Å². The molecule has 100 valence electrons. The molecule has 0 radical (unpaired) electrons. The van der Waals surface area contributed by atoms with Crippen LogP contribution in [-0.4, -0.2) is 33.9 Å². The molecule has 1 aromatic rings. The summed E-state index contributed by atoms with van der Waals surface area (Å²) < 4.78 is 44.5. The van der Waals surface area contributed by atoms with Crippen LogP contribution in [0.1, 0.15) is 6.42 Å². The summed E-state index contributed by atoms with van der Waals surface area (Å²) in [5.41, 5.74) is 0.209. The Hall–Kier alpha value is -1.34. The van der Waals surface area contributed by atoms with Gasteiger partial charge in [-0.1, -0.05) is 0 Å². The molecule has 1 unspecified atom stereocenters. The molecule has 2 N–H and O–H groups in total. The normalized spacial score (nSPS) is 19.8. The average Bonchev–Trinajstić information content (AvgIpc) is 2.82. The Labute approximate surface area is 105 Å². The van der Waals surface area contributed by atoms with Crippen LogP contribution in [0.5, 0.6) is 5.75 Å². The zero-order valence-corrected chi connectivity index (χ0v) is 10.8. The molecular formula is C11H15FN2O3S. The van der Waals surface area contributed by atoms with Gasteiger partial charge in [-0.05, 0) is 25.1 Å². The largest absolute Gasteiger partial charge is 0.494 e. The van der Waals surface area contributed by atoms with Gasteiger partial charge in [0.05, 0.1) is 18.0 Å². The lowest BCUT2D eigenvalue weighted by Crippen LogP contribution is -2.29. The number of hydrogen-bond acceptors (Lipinski definition) is 4. The van der Waals surface area contributed by atoms with E-state index in [1.165, 1.54) is 19.2 Å². The zero-order chi connectivity index (χ0) is 13.2. The third kappa shape index (κ3) is 2.73. The van der Waals surface area contributed by atoms with E-state index in [9.17, 15) is 12.8 Å². The fraction of sp³-hybridized carbons (Fsp3) is 0.455. The maximum Gasteiger partial charge on any atom is 0.236 e. The highest BCUT2D eigenvalue weighted by Gasteiger charge is 2.28. The number of ether oxygens (including phenoxy) is 1. The smallest absolute Gasteiger partial charge is 0.236 e. The zero-order valence-electron chi connectivity index (χ0n) is 9.94. The Bertz CT molecular complexity index is 527. The van der Waals surface area contributed by atoms with Gasteiger partial charge >= 0.3 is 0 Å². The molecule has 1 aromatic carbocycles. The van der Waals surface area contributed by atoms with Crippen molar-refractivity contribution in [3.8, 4) is 5.75 Å². The molecule has 5 nitrogen and oxygen atoms in total. The van der Waals surface area contributed by atoms with Crippen LogP contribution in [-0.2, 0) is 10.0 Å². The first kappa shape index (κ1) is 13.1. The number of benzene rings is 1. The Morgan fingerprint density at radius 3 is 2.83 bits per heavy atom. The Kier molecular flexibility index (Phi) is 3.72. The number of methoxy groups -OCH3 is 1. The van der Waals surface area contributed by atoms with E-state index in [2.05, 4.69) is 10.0 Å². The van der Waals surface area contributed by atoms with E-state index < -0.39 is 21.1 Å². The molecule has 1 atom stereocenters. The number of rotatable bonds is 4. The molecule has 2 rings (SSSR count). The number of halogens is 1. The SMILES string of the molecule is COc1ccc(NS(=O)(=O)C2CCNC2)cc1F. The van der Waals surface area contributed by atoms with Gasteiger partial charge in [0.15, 0.2) is 11.6 Å². The summed E-state index contributed by atoms with van der Waals surface area (Å²) >= 11 is 0. The lowest BCUT2D eigenvalue weighted by molar-refractivity contribution is 0.386. The number of hydrogen-bond donors (Lipinski definition) is 2. The molecule has 18 heavy (non-hydrogen) atoms. The lowest BCUT2D eigenvalue weighted by atomic mass is 10.3. The van der Waals surface area contributed by atoms with Crippen LogP contribution in [0.3, 0.4) is 0 Å². The van der Waals surface area contributed by atoms with Crippen molar-refractivity contribution in [2.45, 2.75) is 11.7 Å². The van der Waals surface area contributed by atoms with Crippen molar-refractivity contribution >= 4 is 15.7 Å². The highest BCUT2D eigenvalue weighted by atomic mass is 32.2. The first-order valence-corrected chi connectivity index (χ1v) is 7.13. The summed E-state index contributed by atoms with van der Waals surface area (Å²) in [4.78, 5) is 0. The molecule has 0 bridgehead atoms. The summed E-state index contributed by atoms with van der Waals surface area (Å²) in [5.74, 6) is -0.511. The van der Waals surface area contributed by atoms with E-state index in [4.69, 9.17) is 4.74 Å². The standard InChI is InChI=1S/C11H15FN2O3S/c1-17-11-3-2-8(6-10(11)12)14-18(15,16)9-4-5-13-7-9/h2-3,6,9,13-14H,4-5,7H2,1H3. The topological polar surface area (TPSA) is 67.4 Å². The monoisotopic (exact) mass is 274 g/mol. The van der Waals surface area contributed by atoms with Crippen molar-refractivity contribution in [2.75, 3.05) is 24.9 Å². The van der Waals surface area contributed by atoms with Gasteiger partial charge in [0.2, 0.25) is 10.0 Å². The van der Waals surface area contributed by atoms with Gasteiger partial charge in [0.25, 0.3) is 0 Å². The molecule has 0 spiro atoms. The van der Waals surface area contributed by atoms with Gasteiger partial charge in [0, 0.05) is 12.6 Å². The summed E-state index contributed by atoms with van der Waals surface area (Å²) in [6.45, 7) is 1.11. The van der Waals surface area contributed by atoms with Crippen molar-refractivity contribution in [2.24, 2.45) is 0 Å². The quantitative estimate of drug-likeness (QED) is 0.857. The maximum absolute atomic E-state index is 13.4. The molecule has 1 heterocycles. The van der Waals surface area contributed by atoms with Gasteiger partial charge in [-0.2, -0.15) is 0 Å². The number of sulfonamides is 1. The van der Waals surface area contributed by atoms with Crippen LogP contribution in [0, 0.1) is 5.82 Å². The first-order valence-electron chi connectivity index (χ1n) is 5.59. The van der Waals surface area contributed by atoms with Crippen molar-refractivity contribution in [3.63, 3.8) is 0 Å². The van der Waals surface area contributed by atoms with Crippen molar-refractivity contribution in [1.29, 1.82) is 0 Å². The second kappa shape index (κ2) is 5.11. The third-order valence-electron chi connectivity index (χ3n) is 2.87. The molecule has 7 heteroatoms. The highest BCUT2D eigenvalue weighted by Crippen LogP contribution is 2.22.